The highest BCUT2D eigenvalue weighted by molar-refractivity contribution is 7.99. The van der Waals surface area contributed by atoms with Crippen LogP contribution in [0.5, 0.6) is 0 Å². The third kappa shape index (κ3) is 4.21. The molecule has 2 aromatic heterocycles. The summed E-state index contributed by atoms with van der Waals surface area (Å²) in [5.74, 6) is 6.89. The lowest BCUT2D eigenvalue weighted by molar-refractivity contribution is -0.118. The van der Waals surface area contributed by atoms with Gasteiger partial charge in [-0.1, -0.05) is 38.6 Å². The summed E-state index contributed by atoms with van der Waals surface area (Å²) in [7, 11) is 0. The second-order valence-electron chi connectivity index (χ2n) is 5.57. The van der Waals surface area contributed by atoms with Crippen molar-refractivity contribution >= 4 is 29.0 Å². The summed E-state index contributed by atoms with van der Waals surface area (Å²) < 4.78 is 1.46. The summed E-state index contributed by atoms with van der Waals surface area (Å²) in [5, 5.41) is 13.5. The van der Waals surface area contributed by atoms with Gasteiger partial charge in [0.15, 0.2) is 5.82 Å². The van der Waals surface area contributed by atoms with Crippen molar-refractivity contribution in [3.8, 4) is 0 Å². The minimum Gasteiger partial charge on any atom is -0.350 e. The molecule has 0 saturated carbocycles. The van der Waals surface area contributed by atoms with Crippen molar-refractivity contribution in [3.63, 3.8) is 0 Å². The number of carbonyl (C=O) groups is 1. The Morgan fingerprint density at radius 2 is 2.24 bits per heavy atom. The minimum absolute atomic E-state index is 0.0475. The maximum absolute atomic E-state index is 11.8. The number of thiophene rings is 1. The fourth-order valence-corrected chi connectivity index (χ4v) is 3.00. The van der Waals surface area contributed by atoms with E-state index in [4.69, 9.17) is 5.84 Å². The molecule has 1 amide bonds. The molecule has 3 N–H and O–H groups in total. The minimum atomic E-state index is -0.179. The maximum Gasteiger partial charge on any atom is 0.230 e. The maximum atomic E-state index is 11.8. The molecule has 0 aliphatic carbocycles. The molecule has 0 saturated heterocycles. The fraction of sp³-hybridized carbons (Fsp3) is 0.462. The molecule has 114 valence electrons. The first-order valence-electron chi connectivity index (χ1n) is 6.51. The molecule has 0 aliphatic rings. The van der Waals surface area contributed by atoms with Gasteiger partial charge in [0.1, 0.15) is 0 Å². The average Bonchev–Trinajstić information content (AvgIpc) is 3.02. The SMILES string of the molecule is CC(C)(C)c1nnc(SCC(=O)NCc2cccs2)n1N. The van der Waals surface area contributed by atoms with Crippen LogP contribution in [-0.4, -0.2) is 26.5 Å². The summed E-state index contributed by atoms with van der Waals surface area (Å²) in [5.41, 5.74) is -0.179. The van der Waals surface area contributed by atoms with E-state index >= 15 is 0 Å². The van der Waals surface area contributed by atoms with E-state index in [0.717, 1.165) is 4.88 Å². The molecule has 21 heavy (non-hydrogen) atoms. The number of nitrogens with zero attached hydrogens (tertiary/aromatic N) is 3. The molecule has 8 heteroatoms. The van der Waals surface area contributed by atoms with Gasteiger partial charge < -0.3 is 11.2 Å². The zero-order valence-electron chi connectivity index (χ0n) is 12.3. The van der Waals surface area contributed by atoms with Crippen molar-refractivity contribution in [2.24, 2.45) is 0 Å². The summed E-state index contributed by atoms with van der Waals surface area (Å²) in [6.45, 7) is 6.60. The van der Waals surface area contributed by atoms with Crippen molar-refractivity contribution in [2.75, 3.05) is 11.6 Å². The van der Waals surface area contributed by atoms with Crippen molar-refractivity contribution in [1.29, 1.82) is 0 Å². The summed E-state index contributed by atoms with van der Waals surface area (Å²) in [6, 6.07) is 3.95. The Labute approximate surface area is 132 Å². The van der Waals surface area contributed by atoms with Crippen LogP contribution in [0.25, 0.3) is 0 Å². The molecule has 0 bridgehead atoms. The monoisotopic (exact) mass is 325 g/mol. The van der Waals surface area contributed by atoms with E-state index in [0.29, 0.717) is 17.5 Å². The Morgan fingerprint density at radius 3 is 2.81 bits per heavy atom. The Morgan fingerprint density at radius 1 is 1.48 bits per heavy atom. The number of rotatable bonds is 5. The Bertz CT molecular complexity index is 601. The highest BCUT2D eigenvalue weighted by Crippen LogP contribution is 2.23. The van der Waals surface area contributed by atoms with Gasteiger partial charge >= 0.3 is 0 Å². The first kappa shape index (κ1) is 15.8. The number of nitrogens with two attached hydrogens (primary N) is 1. The van der Waals surface area contributed by atoms with Gasteiger partial charge in [0.25, 0.3) is 0 Å². The van der Waals surface area contributed by atoms with Crippen LogP contribution < -0.4 is 11.2 Å². The van der Waals surface area contributed by atoms with Crippen LogP contribution in [0.15, 0.2) is 22.7 Å². The number of thioether (sulfide) groups is 1. The normalized spacial score (nSPS) is 11.6. The number of amides is 1. The number of hydrogen-bond donors (Lipinski definition) is 2. The molecule has 2 heterocycles. The molecule has 0 unspecified atom stereocenters. The van der Waals surface area contributed by atoms with Crippen molar-refractivity contribution < 1.29 is 4.79 Å². The van der Waals surface area contributed by atoms with E-state index < -0.39 is 0 Å². The number of carbonyl (C=O) groups excluding carboxylic acids is 1. The van der Waals surface area contributed by atoms with Crippen LogP contribution in [0.1, 0.15) is 31.5 Å². The van der Waals surface area contributed by atoms with Crippen molar-refractivity contribution in [1.82, 2.24) is 20.2 Å². The van der Waals surface area contributed by atoms with Crippen LogP contribution in [0.4, 0.5) is 0 Å². The zero-order valence-corrected chi connectivity index (χ0v) is 13.9. The zero-order chi connectivity index (χ0) is 15.5. The smallest absolute Gasteiger partial charge is 0.230 e. The molecule has 0 atom stereocenters. The van der Waals surface area contributed by atoms with Crippen molar-refractivity contribution in [2.45, 2.75) is 37.9 Å². The highest BCUT2D eigenvalue weighted by atomic mass is 32.2. The van der Waals surface area contributed by atoms with Crippen LogP contribution in [0.3, 0.4) is 0 Å². The first-order chi connectivity index (χ1) is 9.88. The number of aromatic nitrogens is 3. The van der Waals surface area contributed by atoms with E-state index in [1.165, 1.54) is 16.4 Å². The molecule has 0 aromatic carbocycles. The Balaban J connectivity index is 1.85. The van der Waals surface area contributed by atoms with E-state index in [1.54, 1.807) is 11.3 Å². The van der Waals surface area contributed by atoms with Crippen LogP contribution in [0.2, 0.25) is 0 Å². The molecule has 0 spiro atoms. The van der Waals surface area contributed by atoms with E-state index in [-0.39, 0.29) is 17.1 Å². The molecule has 2 aromatic rings. The van der Waals surface area contributed by atoms with Gasteiger partial charge in [0, 0.05) is 10.3 Å². The van der Waals surface area contributed by atoms with Crippen LogP contribution >= 0.6 is 23.1 Å². The molecule has 0 radical (unpaired) electrons. The Hall–Kier alpha value is -1.54. The van der Waals surface area contributed by atoms with Gasteiger partial charge in [-0.05, 0) is 11.4 Å². The topological polar surface area (TPSA) is 85.8 Å². The lowest BCUT2D eigenvalue weighted by Crippen LogP contribution is -2.26. The third-order valence-electron chi connectivity index (χ3n) is 2.71. The largest absolute Gasteiger partial charge is 0.350 e. The molecule has 6 nitrogen and oxygen atoms in total. The fourth-order valence-electron chi connectivity index (χ4n) is 1.67. The van der Waals surface area contributed by atoms with Crippen molar-refractivity contribution in [3.05, 3.63) is 28.2 Å². The second kappa shape index (κ2) is 6.48. The Kier molecular flexibility index (Phi) is 4.89. The average molecular weight is 325 g/mol. The molecule has 2 rings (SSSR count). The van der Waals surface area contributed by atoms with E-state index in [9.17, 15) is 4.79 Å². The molecular weight excluding hydrogens is 306 g/mol. The molecule has 0 fully saturated rings. The summed E-state index contributed by atoms with van der Waals surface area (Å²) in [6.07, 6.45) is 0. The highest BCUT2D eigenvalue weighted by Gasteiger charge is 2.23. The lowest BCUT2D eigenvalue weighted by atomic mass is 9.96. The number of hydrogen-bond acceptors (Lipinski definition) is 6. The van der Waals surface area contributed by atoms with Gasteiger partial charge in [-0.15, -0.1) is 21.5 Å². The third-order valence-corrected chi connectivity index (χ3v) is 4.53. The quantitative estimate of drug-likeness (QED) is 0.646. The van der Waals surface area contributed by atoms with Crippen LogP contribution in [-0.2, 0) is 16.8 Å². The number of nitrogens with one attached hydrogen (secondary N) is 1. The predicted octanol–water partition coefficient (Wildman–Crippen LogP) is 1.76. The van der Waals surface area contributed by atoms with E-state index in [2.05, 4.69) is 15.5 Å². The van der Waals surface area contributed by atoms with Gasteiger partial charge in [0.05, 0.1) is 12.3 Å². The number of nitrogen functional groups attached to an aromatic ring is 1. The first-order valence-corrected chi connectivity index (χ1v) is 8.37. The molecule has 0 aliphatic heterocycles. The lowest BCUT2D eigenvalue weighted by Gasteiger charge is -2.16. The summed E-state index contributed by atoms with van der Waals surface area (Å²) in [4.78, 5) is 12.9. The summed E-state index contributed by atoms with van der Waals surface area (Å²) >= 11 is 2.90. The van der Waals surface area contributed by atoms with Gasteiger partial charge in [-0.3, -0.25) is 4.79 Å². The van der Waals surface area contributed by atoms with Crippen LogP contribution in [0, 0.1) is 0 Å². The second-order valence-corrected chi connectivity index (χ2v) is 7.55. The standard InChI is InChI=1S/C13H19N5OS2/c1-13(2,3)11-16-17-12(18(11)14)21-8-10(19)15-7-9-5-4-6-20-9/h4-6H,7-8,14H2,1-3H3,(H,15,19). The predicted molar refractivity (Wildman–Crippen MR) is 85.8 cm³/mol. The van der Waals surface area contributed by atoms with E-state index in [1.807, 2.05) is 38.3 Å². The van der Waals surface area contributed by atoms with Gasteiger partial charge in [-0.2, -0.15) is 0 Å². The molecular formula is C13H19N5OS2. The van der Waals surface area contributed by atoms with Gasteiger partial charge in [0.2, 0.25) is 11.1 Å². The van der Waals surface area contributed by atoms with Gasteiger partial charge in [-0.25, -0.2) is 4.68 Å².